The van der Waals surface area contributed by atoms with E-state index in [4.69, 9.17) is 20.4 Å². The lowest BCUT2D eigenvalue weighted by molar-refractivity contribution is 0.0804. The molecule has 5 N–H and O–H groups in total. The van der Waals surface area contributed by atoms with Crippen LogP contribution in [0.25, 0.3) is 0 Å². The van der Waals surface area contributed by atoms with Gasteiger partial charge in [-0.2, -0.15) is 0 Å². The van der Waals surface area contributed by atoms with Gasteiger partial charge in [-0.05, 0) is 0 Å². The topological polar surface area (TPSA) is 96.2 Å². The molecule has 0 aliphatic rings. The number of aliphatic hydroxyl groups excluding tert-OH is 4. The second-order valence-corrected chi connectivity index (χ2v) is 3.02. The summed E-state index contributed by atoms with van der Waals surface area (Å²) in [6.07, 6.45) is -0.740. The average Bonchev–Trinajstić information content (AvgIpc) is 2.22. The van der Waals surface area contributed by atoms with E-state index in [9.17, 15) is 0 Å². The normalized spacial score (nSPS) is 13.5. The van der Waals surface area contributed by atoms with Gasteiger partial charge in [0.2, 0.25) is 0 Å². The summed E-state index contributed by atoms with van der Waals surface area (Å²) < 4.78 is 0. The van der Waals surface area contributed by atoms with E-state index < -0.39 is 6.10 Å². The molecule has 6 nitrogen and oxygen atoms in total. The molecule has 0 heterocycles. The van der Waals surface area contributed by atoms with E-state index in [0.717, 1.165) is 0 Å². The maximum absolute atomic E-state index is 8.97. The van der Waals surface area contributed by atoms with Crippen LogP contribution in [0.4, 0.5) is 0 Å². The second-order valence-electron chi connectivity index (χ2n) is 3.02. The van der Waals surface area contributed by atoms with E-state index in [1.54, 1.807) is 4.90 Å². The second kappa shape index (κ2) is 9.32. The number of hydrogen-bond donors (Lipinski definition) is 5. The molecule has 0 aliphatic heterocycles. The van der Waals surface area contributed by atoms with E-state index >= 15 is 0 Å². The Morgan fingerprint density at radius 2 is 1.86 bits per heavy atom. The number of hydrogen-bond acceptors (Lipinski definition) is 6. The van der Waals surface area contributed by atoms with Gasteiger partial charge in [-0.15, -0.1) is 0 Å². The third kappa shape index (κ3) is 7.19. The first-order chi connectivity index (χ1) is 6.74. The van der Waals surface area contributed by atoms with Gasteiger partial charge in [-0.3, -0.25) is 4.90 Å². The van der Waals surface area contributed by atoms with E-state index in [0.29, 0.717) is 26.2 Å². The van der Waals surface area contributed by atoms with Gasteiger partial charge >= 0.3 is 0 Å². The lowest BCUT2D eigenvalue weighted by Crippen LogP contribution is -2.37. The monoisotopic (exact) mass is 208 g/mol. The van der Waals surface area contributed by atoms with Gasteiger partial charge in [0.25, 0.3) is 0 Å². The Morgan fingerprint density at radius 1 is 1.14 bits per heavy atom. The molecule has 0 radical (unpaired) electrons. The molecular weight excluding hydrogens is 188 g/mol. The zero-order chi connectivity index (χ0) is 10.8. The fraction of sp³-hybridized carbons (Fsp3) is 1.00. The Labute approximate surface area is 83.8 Å². The molecule has 0 rings (SSSR count). The highest BCUT2D eigenvalue weighted by molar-refractivity contribution is 4.59. The van der Waals surface area contributed by atoms with Crippen molar-refractivity contribution in [1.82, 2.24) is 10.2 Å². The van der Waals surface area contributed by atoms with Crippen LogP contribution in [0.5, 0.6) is 0 Å². The van der Waals surface area contributed by atoms with Crippen molar-refractivity contribution in [2.45, 2.75) is 6.10 Å². The minimum Gasteiger partial charge on any atom is -0.395 e. The summed E-state index contributed by atoms with van der Waals surface area (Å²) in [4.78, 5) is 1.67. The van der Waals surface area contributed by atoms with Crippen LogP contribution < -0.4 is 5.32 Å². The highest BCUT2D eigenvalue weighted by Gasteiger charge is 2.03. The number of aliphatic hydroxyl groups is 4. The van der Waals surface area contributed by atoms with Gasteiger partial charge in [-0.1, -0.05) is 0 Å². The zero-order valence-electron chi connectivity index (χ0n) is 8.26. The third-order valence-corrected chi connectivity index (χ3v) is 1.81. The summed E-state index contributed by atoms with van der Waals surface area (Å²) in [7, 11) is 0. The maximum atomic E-state index is 8.97. The van der Waals surface area contributed by atoms with E-state index in [-0.39, 0.29) is 19.9 Å². The van der Waals surface area contributed by atoms with Crippen molar-refractivity contribution in [2.24, 2.45) is 0 Å². The van der Waals surface area contributed by atoms with Crippen LogP contribution in [0, 0.1) is 0 Å². The molecule has 0 bridgehead atoms. The van der Waals surface area contributed by atoms with Crippen molar-refractivity contribution in [1.29, 1.82) is 0 Å². The van der Waals surface area contributed by atoms with E-state index in [1.807, 2.05) is 0 Å². The molecule has 0 aliphatic carbocycles. The highest BCUT2D eigenvalue weighted by Crippen LogP contribution is 1.83. The molecule has 0 aromatic rings. The Hall–Kier alpha value is -0.240. The molecule has 0 aromatic heterocycles. The average molecular weight is 208 g/mol. The number of nitrogens with zero attached hydrogens (tertiary/aromatic N) is 1. The van der Waals surface area contributed by atoms with Gasteiger partial charge in [0.05, 0.1) is 26.0 Å². The highest BCUT2D eigenvalue weighted by atomic mass is 16.3. The minimum atomic E-state index is -0.740. The van der Waals surface area contributed by atoms with Gasteiger partial charge < -0.3 is 25.7 Å². The lowest BCUT2D eigenvalue weighted by Gasteiger charge is -2.18. The molecule has 86 valence electrons. The predicted octanol–water partition coefficient (Wildman–Crippen LogP) is -2.83. The van der Waals surface area contributed by atoms with Gasteiger partial charge in [-0.25, -0.2) is 0 Å². The summed E-state index contributed by atoms with van der Waals surface area (Å²) in [6.45, 7) is 1.61. The minimum absolute atomic E-state index is 0.0137. The van der Waals surface area contributed by atoms with E-state index in [2.05, 4.69) is 5.32 Å². The molecule has 0 amide bonds. The van der Waals surface area contributed by atoms with Crippen LogP contribution in [-0.4, -0.2) is 77.6 Å². The SMILES string of the molecule is OCCN(CO)CCNCC(O)CO. The number of nitrogens with one attached hydrogen (secondary N) is 1. The van der Waals surface area contributed by atoms with Crippen molar-refractivity contribution >= 4 is 0 Å². The molecule has 0 spiro atoms. The fourth-order valence-electron chi connectivity index (χ4n) is 0.965. The van der Waals surface area contributed by atoms with Crippen molar-refractivity contribution in [3.05, 3.63) is 0 Å². The first-order valence-corrected chi connectivity index (χ1v) is 4.68. The first-order valence-electron chi connectivity index (χ1n) is 4.68. The quantitative estimate of drug-likeness (QED) is 0.207. The summed E-state index contributed by atoms with van der Waals surface area (Å²) in [5, 5.41) is 37.8. The van der Waals surface area contributed by atoms with E-state index in [1.165, 1.54) is 0 Å². The summed E-state index contributed by atoms with van der Waals surface area (Å²) in [6, 6.07) is 0. The van der Waals surface area contributed by atoms with Crippen LogP contribution >= 0.6 is 0 Å². The number of rotatable bonds is 9. The molecule has 1 atom stereocenters. The lowest BCUT2D eigenvalue weighted by atomic mass is 10.4. The van der Waals surface area contributed by atoms with Crippen LogP contribution in [0.1, 0.15) is 0 Å². The Morgan fingerprint density at radius 3 is 2.36 bits per heavy atom. The smallest absolute Gasteiger partial charge is 0.0957 e. The standard InChI is InChI=1S/C8H20N2O4/c11-4-3-10(7-13)2-1-9-5-8(14)6-12/h8-9,11-14H,1-7H2. The first kappa shape index (κ1) is 13.8. The summed E-state index contributed by atoms with van der Waals surface area (Å²) >= 11 is 0. The van der Waals surface area contributed by atoms with Crippen molar-refractivity contribution < 1.29 is 20.4 Å². The van der Waals surface area contributed by atoms with Crippen LogP contribution in [-0.2, 0) is 0 Å². The van der Waals surface area contributed by atoms with Crippen LogP contribution in [0.3, 0.4) is 0 Å². The predicted molar refractivity (Wildman–Crippen MR) is 51.7 cm³/mol. The van der Waals surface area contributed by atoms with Gasteiger partial charge in [0.1, 0.15) is 0 Å². The molecule has 0 saturated heterocycles. The van der Waals surface area contributed by atoms with Crippen molar-refractivity contribution in [3.63, 3.8) is 0 Å². The Bertz CT molecular complexity index is 126. The summed E-state index contributed by atoms with van der Waals surface area (Å²) in [5.41, 5.74) is 0. The molecule has 1 unspecified atom stereocenters. The molecule has 14 heavy (non-hydrogen) atoms. The van der Waals surface area contributed by atoms with Crippen LogP contribution in [0.15, 0.2) is 0 Å². The molecule has 0 saturated carbocycles. The fourth-order valence-corrected chi connectivity index (χ4v) is 0.965. The van der Waals surface area contributed by atoms with Crippen LogP contribution in [0.2, 0.25) is 0 Å². The Balaban J connectivity index is 3.32. The molecule has 6 heteroatoms. The summed E-state index contributed by atoms with van der Waals surface area (Å²) in [5.74, 6) is 0. The third-order valence-electron chi connectivity index (χ3n) is 1.81. The largest absolute Gasteiger partial charge is 0.395 e. The molecule has 0 aromatic carbocycles. The molecule has 0 fully saturated rings. The zero-order valence-corrected chi connectivity index (χ0v) is 8.26. The van der Waals surface area contributed by atoms with Gasteiger partial charge in [0, 0.05) is 26.2 Å². The van der Waals surface area contributed by atoms with Crippen molar-refractivity contribution in [2.75, 3.05) is 46.1 Å². The van der Waals surface area contributed by atoms with Crippen molar-refractivity contribution in [3.8, 4) is 0 Å². The van der Waals surface area contributed by atoms with Gasteiger partial charge in [0.15, 0.2) is 0 Å². The Kier molecular flexibility index (Phi) is 9.16. The maximum Gasteiger partial charge on any atom is 0.0957 e. The molecular formula is C8H20N2O4.